The SMILES string of the molecule is Cc1nn(C)c(CN(CC(=O)O)Cc2ccccn2)c1Cl. The molecule has 0 aromatic carbocycles. The average Bonchev–Trinajstić information content (AvgIpc) is 2.66. The fourth-order valence-corrected chi connectivity index (χ4v) is 2.36. The maximum absolute atomic E-state index is 11.0. The van der Waals surface area contributed by atoms with Crippen LogP contribution in [0.25, 0.3) is 0 Å². The van der Waals surface area contributed by atoms with Crippen LogP contribution < -0.4 is 0 Å². The number of hydrogen-bond donors (Lipinski definition) is 1. The zero-order chi connectivity index (χ0) is 15.4. The molecule has 7 heteroatoms. The Morgan fingerprint density at radius 1 is 1.43 bits per heavy atom. The van der Waals surface area contributed by atoms with E-state index in [0.717, 1.165) is 17.1 Å². The lowest BCUT2D eigenvalue weighted by Crippen LogP contribution is -2.30. The summed E-state index contributed by atoms with van der Waals surface area (Å²) in [7, 11) is 1.80. The van der Waals surface area contributed by atoms with E-state index in [1.807, 2.05) is 25.1 Å². The number of aliphatic carboxylic acids is 1. The van der Waals surface area contributed by atoms with E-state index in [1.165, 1.54) is 0 Å². The highest BCUT2D eigenvalue weighted by Crippen LogP contribution is 2.21. The molecule has 0 saturated carbocycles. The highest BCUT2D eigenvalue weighted by Gasteiger charge is 2.17. The highest BCUT2D eigenvalue weighted by molar-refractivity contribution is 6.31. The monoisotopic (exact) mass is 308 g/mol. The number of aryl methyl sites for hydroxylation is 2. The summed E-state index contributed by atoms with van der Waals surface area (Å²) in [5.41, 5.74) is 2.35. The highest BCUT2D eigenvalue weighted by atomic mass is 35.5. The molecule has 1 N–H and O–H groups in total. The molecule has 2 aromatic heterocycles. The summed E-state index contributed by atoms with van der Waals surface area (Å²) in [6, 6.07) is 5.57. The number of aromatic nitrogens is 3. The molecule has 0 amide bonds. The van der Waals surface area contributed by atoms with Crippen LogP contribution in [0.2, 0.25) is 5.02 Å². The lowest BCUT2D eigenvalue weighted by Gasteiger charge is -2.20. The molecule has 0 atom stereocenters. The van der Waals surface area contributed by atoms with E-state index in [-0.39, 0.29) is 6.54 Å². The van der Waals surface area contributed by atoms with Gasteiger partial charge < -0.3 is 5.11 Å². The van der Waals surface area contributed by atoms with Crippen LogP contribution in [0, 0.1) is 6.92 Å². The molecular weight excluding hydrogens is 292 g/mol. The standard InChI is InChI=1S/C14H17ClN4O2/c1-10-14(15)12(18(2)17-10)8-19(9-13(20)21)7-11-5-3-4-6-16-11/h3-6H,7-9H2,1-2H3,(H,20,21). The minimum absolute atomic E-state index is 0.0862. The maximum atomic E-state index is 11.0. The number of pyridine rings is 1. The van der Waals surface area contributed by atoms with Crippen LogP contribution in [0.15, 0.2) is 24.4 Å². The molecule has 0 aliphatic heterocycles. The Balaban J connectivity index is 2.18. The first-order valence-corrected chi connectivity index (χ1v) is 6.87. The zero-order valence-corrected chi connectivity index (χ0v) is 12.7. The third-order valence-corrected chi connectivity index (χ3v) is 3.60. The molecule has 0 bridgehead atoms. The van der Waals surface area contributed by atoms with E-state index in [1.54, 1.807) is 22.8 Å². The molecule has 0 aliphatic carbocycles. The predicted octanol–water partition coefficient (Wildman–Crippen LogP) is 1.86. The van der Waals surface area contributed by atoms with Crippen molar-refractivity contribution in [1.82, 2.24) is 19.7 Å². The number of carboxylic acids is 1. The lowest BCUT2D eigenvalue weighted by molar-refractivity contribution is -0.138. The van der Waals surface area contributed by atoms with Gasteiger partial charge >= 0.3 is 5.97 Å². The minimum Gasteiger partial charge on any atom is -0.480 e. The second-order valence-electron chi connectivity index (χ2n) is 4.83. The van der Waals surface area contributed by atoms with Gasteiger partial charge in [0.25, 0.3) is 0 Å². The van der Waals surface area contributed by atoms with Crippen molar-refractivity contribution < 1.29 is 9.90 Å². The van der Waals surface area contributed by atoms with Gasteiger partial charge in [-0.15, -0.1) is 0 Å². The molecule has 0 saturated heterocycles. The Morgan fingerprint density at radius 3 is 2.71 bits per heavy atom. The van der Waals surface area contributed by atoms with Crippen LogP contribution in [0.4, 0.5) is 0 Å². The maximum Gasteiger partial charge on any atom is 0.317 e. The van der Waals surface area contributed by atoms with Crippen molar-refractivity contribution in [2.75, 3.05) is 6.54 Å². The Kier molecular flexibility index (Phi) is 4.93. The van der Waals surface area contributed by atoms with E-state index in [9.17, 15) is 4.79 Å². The average molecular weight is 309 g/mol. The van der Waals surface area contributed by atoms with Crippen LogP contribution >= 0.6 is 11.6 Å². The van der Waals surface area contributed by atoms with Crippen molar-refractivity contribution in [2.45, 2.75) is 20.0 Å². The normalized spacial score (nSPS) is 11.0. The lowest BCUT2D eigenvalue weighted by atomic mass is 10.3. The van der Waals surface area contributed by atoms with E-state index < -0.39 is 5.97 Å². The van der Waals surface area contributed by atoms with Gasteiger partial charge in [-0.2, -0.15) is 5.10 Å². The molecule has 21 heavy (non-hydrogen) atoms. The van der Waals surface area contributed by atoms with Crippen LogP contribution in [0.3, 0.4) is 0 Å². The van der Waals surface area contributed by atoms with Gasteiger partial charge in [-0.05, 0) is 19.1 Å². The molecule has 0 radical (unpaired) electrons. The van der Waals surface area contributed by atoms with Crippen molar-refractivity contribution in [2.24, 2.45) is 7.05 Å². The molecule has 112 valence electrons. The van der Waals surface area contributed by atoms with Crippen LogP contribution in [0.1, 0.15) is 17.1 Å². The number of carbonyl (C=O) groups is 1. The summed E-state index contributed by atoms with van der Waals surface area (Å²) in [4.78, 5) is 17.0. The molecule has 2 rings (SSSR count). The summed E-state index contributed by atoms with van der Waals surface area (Å²) in [5.74, 6) is -0.888. The van der Waals surface area contributed by atoms with Gasteiger partial charge in [0, 0.05) is 26.3 Å². The summed E-state index contributed by atoms with van der Waals surface area (Å²) < 4.78 is 1.69. The second-order valence-corrected chi connectivity index (χ2v) is 5.21. The topological polar surface area (TPSA) is 71.2 Å². The molecule has 0 aliphatic rings. The van der Waals surface area contributed by atoms with E-state index in [0.29, 0.717) is 18.1 Å². The number of hydrogen-bond acceptors (Lipinski definition) is 4. The van der Waals surface area contributed by atoms with Crippen molar-refractivity contribution in [3.8, 4) is 0 Å². The van der Waals surface area contributed by atoms with Crippen molar-refractivity contribution >= 4 is 17.6 Å². The smallest absolute Gasteiger partial charge is 0.317 e. The van der Waals surface area contributed by atoms with E-state index in [4.69, 9.17) is 16.7 Å². The summed E-state index contributed by atoms with van der Waals surface area (Å²) >= 11 is 6.22. The van der Waals surface area contributed by atoms with Gasteiger partial charge in [0.05, 0.1) is 28.6 Å². The molecule has 2 heterocycles. The van der Waals surface area contributed by atoms with Gasteiger partial charge in [-0.1, -0.05) is 17.7 Å². The molecule has 2 aromatic rings. The minimum atomic E-state index is -0.888. The van der Waals surface area contributed by atoms with Crippen LogP contribution in [-0.4, -0.2) is 37.3 Å². The van der Waals surface area contributed by atoms with E-state index >= 15 is 0 Å². The number of carboxylic acid groups (broad SMARTS) is 1. The molecule has 0 spiro atoms. The van der Waals surface area contributed by atoms with Gasteiger partial charge in [-0.25, -0.2) is 0 Å². The zero-order valence-electron chi connectivity index (χ0n) is 12.0. The van der Waals surface area contributed by atoms with Crippen molar-refractivity contribution in [1.29, 1.82) is 0 Å². The van der Waals surface area contributed by atoms with Gasteiger partial charge in [0.1, 0.15) is 0 Å². The quantitative estimate of drug-likeness (QED) is 0.882. The fraction of sp³-hybridized carbons (Fsp3) is 0.357. The van der Waals surface area contributed by atoms with Gasteiger partial charge in [-0.3, -0.25) is 19.4 Å². The van der Waals surface area contributed by atoms with Crippen molar-refractivity contribution in [3.63, 3.8) is 0 Å². The summed E-state index contributed by atoms with van der Waals surface area (Å²) in [6.07, 6.45) is 1.69. The second kappa shape index (κ2) is 6.69. The third kappa shape index (κ3) is 4.03. The van der Waals surface area contributed by atoms with Gasteiger partial charge in [0.2, 0.25) is 0 Å². The first kappa shape index (κ1) is 15.5. The molecule has 6 nitrogen and oxygen atoms in total. The van der Waals surface area contributed by atoms with Crippen LogP contribution in [-0.2, 0) is 24.9 Å². The first-order chi connectivity index (χ1) is 9.97. The number of rotatable bonds is 6. The largest absolute Gasteiger partial charge is 0.480 e. The van der Waals surface area contributed by atoms with Gasteiger partial charge in [0.15, 0.2) is 0 Å². The Labute approximate surface area is 128 Å². The molecular formula is C14H17ClN4O2. The Bertz CT molecular complexity index is 627. The fourth-order valence-electron chi connectivity index (χ4n) is 2.14. The summed E-state index contributed by atoms with van der Waals surface area (Å²) in [5, 5.41) is 13.9. The Hall–Kier alpha value is -1.92. The van der Waals surface area contributed by atoms with E-state index in [2.05, 4.69) is 10.1 Å². The third-order valence-electron chi connectivity index (χ3n) is 3.11. The first-order valence-electron chi connectivity index (χ1n) is 6.49. The van der Waals surface area contributed by atoms with Crippen molar-refractivity contribution in [3.05, 3.63) is 46.5 Å². The molecule has 0 unspecified atom stereocenters. The Morgan fingerprint density at radius 2 is 2.19 bits per heavy atom. The number of nitrogens with zero attached hydrogens (tertiary/aromatic N) is 4. The predicted molar refractivity (Wildman–Crippen MR) is 78.9 cm³/mol. The number of halogens is 1. The summed E-state index contributed by atoms with van der Waals surface area (Å²) in [6.45, 7) is 2.58. The molecule has 0 fully saturated rings. The van der Waals surface area contributed by atoms with Crippen LogP contribution in [0.5, 0.6) is 0 Å².